The van der Waals surface area contributed by atoms with Crippen molar-refractivity contribution in [3.05, 3.63) is 58.6 Å². The maximum atomic E-state index is 12.8. The lowest BCUT2D eigenvalue weighted by molar-refractivity contribution is 0.0989. The van der Waals surface area contributed by atoms with E-state index in [0.717, 1.165) is 24.1 Å². The highest BCUT2D eigenvalue weighted by Crippen LogP contribution is 2.33. The molecule has 2 aliphatic rings. The quantitative estimate of drug-likeness (QED) is 0.807. The van der Waals surface area contributed by atoms with Gasteiger partial charge in [-0.3, -0.25) is 4.79 Å². The fourth-order valence-electron chi connectivity index (χ4n) is 3.58. The van der Waals surface area contributed by atoms with Crippen LogP contribution >= 0.6 is 11.6 Å². The summed E-state index contributed by atoms with van der Waals surface area (Å²) in [5.74, 6) is -0.101. The molecule has 0 saturated carbocycles. The lowest BCUT2D eigenvalue weighted by Crippen LogP contribution is -2.29. The van der Waals surface area contributed by atoms with Gasteiger partial charge in [-0.25, -0.2) is 8.42 Å². The third-order valence-electron chi connectivity index (χ3n) is 4.99. The molecular formula is C19H19ClN2O3S. The van der Waals surface area contributed by atoms with E-state index in [1.165, 1.54) is 0 Å². The van der Waals surface area contributed by atoms with Gasteiger partial charge in [0.2, 0.25) is 10.0 Å². The number of halogens is 1. The number of sulfonamides is 1. The molecule has 0 aromatic heterocycles. The van der Waals surface area contributed by atoms with Gasteiger partial charge in [-0.05, 0) is 67.3 Å². The topological polar surface area (TPSA) is 57.7 Å². The Labute approximate surface area is 158 Å². The van der Waals surface area contributed by atoms with Crippen LogP contribution in [0.25, 0.3) is 0 Å². The summed E-state index contributed by atoms with van der Waals surface area (Å²) in [6, 6.07) is 11.9. The summed E-state index contributed by atoms with van der Waals surface area (Å²) in [4.78, 5) is 14.8. The zero-order valence-electron chi connectivity index (χ0n) is 14.2. The highest BCUT2D eigenvalue weighted by atomic mass is 35.5. The molecule has 0 unspecified atom stereocenters. The molecule has 0 spiro atoms. The van der Waals surface area contributed by atoms with Crippen molar-refractivity contribution in [3.63, 3.8) is 0 Å². The zero-order valence-corrected chi connectivity index (χ0v) is 15.8. The molecule has 2 aromatic rings. The number of rotatable bonds is 3. The van der Waals surface area contributed by atoms with Gasteiger partial charge in [-0.2, -0.15) is 4.31 Å². The lowest BCUT2D eigenvalue weighted by Gasteiger charge is -2.19. The first-order chi connectivity index (χ1) is 12.5. The predicted octanol–water partition coefficient (Wildman–Crippen LogP) is 3.33. The molecule has 1 fully saturated rings. The predicted molar refractivity (Wildman–Crippen MR) is 101 cm³/mol. The second kappa shape index (κ2) is 6.68. The summed E-state index contributed by atoms with van der Waals surface area (Å²) in [5, 5.41) is 0.583. The van der Waals surface area contributed by atoms with Crippen molar-refractivity contribution in [2.75, 3.05) is 24.5 Å². The van der Waals surface area contributed by atoms with Crippen LogP contribution in [0.3, 0.4) is 0 Å². The SMILES string of the molecule is O=C(c1ccc(Cl)cc1)N1CCc2cc(S(=O)(=O)N3CCCC3)ccc21. The standard InChI is InChI=1S/C19H19ClN2O3S/c20-16-5-3-14(4-6-16)19(23)22-12-9-15-13-17(7-8-18(15)22)26(24,25)21-10-1-2-11-21/h3-8,13H,1-2,9-12H2. The summed E-state index contributed by atoms with van der Waals surface area (Å²) in [6.07, 6.45) is 2.47. The van der Waals surface area contributed by atoms with Crippen molar-refractivity contribution in [1.82, 2.24) is 4.31 Å². The van der Waals surface area contributed by atoms with Gasteiger partial charge in [0.05, 0.1) is 4.90 Å². The molecule has 0 atom stereocenters. The van der Waals surface area contributed by atoms with Crippen LogP contribution in [0, 0.1) is 0 Å². The molecular weight excluding hydrogens is 372 g/mol. The number of carbonyl (C=O) groups is 1. The summed E-state index contributed by atoms with van der Waals surface area (Å²) in [5.41, 5.74) is 2.24. The largest absolute Gasteiger partial charge is 0.308 e. The lowest BCUT2D eigenvalue weighted by atomic mass is 10.1. The molecule has 4 rings (SSSR count). The van der Waals surface area contributed by atoms with E-state index in [0.29, 0.717) is 41.5 Å². The van der Waals surface area contributed by atoms with Crippen LogP contribution in [0.2, 0.25) is 5.02 Å². The summed E-state index contributed by atoms with van der Waals surface area (Å²) < 4.78 is 27.0. The smallest absolute Gasteiger partial charge is 0.258 e. The molecule has 7 heteroatoms. The van der Waals surface area contributed by atoms with Crippen molar-refractivity contribution < 1.29 is 13.2 Å². The molecule has 0 radical (unpaired) electrons. The molecule has 5 nitrogen and oxygen atoms in total. The van der Waals surface area contributed by atoms with Gasteiger partial charge in [0, 0.05) is 35.9 Å². The first-order valence-electron chi connectivity index (χ1n) is 8.67. The summed E-state index contributed by atoms with van der Waals surface area (Å²) >= 11 is 5.89. The van der Waals surface area contributed by atoms with Crippen molar-refractivity contribution in [2.24, 2.45) is 0 Å². The van der Waals surface area contributed by atoms with E-state index in [1.54, 1.807) is 51.7 Å². The van der Waals surface area contributed by atoms with Crippen molar-refractivity contribution in [3.8, 4) is 0 Å². The van der Waals surface area contributed by atoms with E-state index in [1.807, 2.05) is 0 Å². The first kappa shape index (κ1) is 17.5. The molecule has 0 bridgehead atoms. The minimum absolute atomic E-state index is 0.101. The highest BCUT2D eigenvalue weighted by Gasteiger charge is 2.30. The Morgan fingerprint density at radius 1 is 0.962 bits per heavy atom. The Kier molecular flexibility index (Phi) is 4.50. The Morgan fingerprint density at radius 3 is 2.35 bits per heavy atom. The number of amides is 1. The average Bonchev–Trinajstić information content (AvgIpc) is 3.31. The van der Waals surface area contributed by atoms with E-state index in [4.69, 9.17) is 11.6 Å². The molecule has 1 amide bonds. The Balaban J connectivity index is 1.62. The first-order valence-corrected chi connectivity index (χ1v) is 10.5. The fraction of sp³-hybridized carbons (Fsp3) is 0.316. The van der Waals surface area contributed by atoms with E-state index < -0.39 is 10.0 Å². The minimum Gasteiger partial charge on any atom is -0.308 e. The normalized spacial score (nSPS) is 17.5. The summed E-state index contributed by atoms with van der Waals surface area (Å²) in [7, 11) is -3.44. The zero-order chi connectivity index (χ0) is 18.3. The number of fused-ring (bicyclic) bond motifs is 1. The molecule has 136 valence electrons. The van der Waals surface area contributed by atoms with Crippen LogP contribution < -0.4 is 4.90 Å². The molecule has 2 heterocycles. The van der Waals surface area contributed by atoms with E-state index in [9.17, 15) is 13.2 Å². The molecule has 0 N–H and O–H groups in total. The van der Waals surface area contributed by atoms with Crippen LogP contribution in [0.1, 0.15) is 28.8 Å². The fourth-order valence-corrected chi connectivity index (χ4v) is 5.27. The van der Waals surface area contributed by atoms with Gasteiger partial charge in [0.15, 0.2) is 0 Å². The molecule has 1 saturated heterocycles. The monoisotopic (exact) mass is 390 g/mol. The maximum absolute atomic E-state index is 12.8. The second-order valence-corrected chi connectivity index (χ2v) is 8.99. The number of benzene rings is 2. The number of hydrogen-bond acceptors (Lipinski definition) is 3. The molecule has 2 aliphatic heterocycles. The van der Waals surface area contributed by atoms with Gasteiger partial charge in [-0.15, -0.1) is 0 Å². The van der Waals surface area contributed by atoms with Gasteiger partial charge in [0.1, 0.15) is 0 Å². The third kappa shape index (κ3) is 3.02. The van der Waals surface area contributed by atoms with Crippen molar-refractivity contribution >= 4 is 33.2 Å². The van der Waals surface area contributed by atoms with E-state index in [-0.39, 0.29) is 5.91 Å². The number of hydrogen-bond donors (Lipinski definition) is 0. The molecule has 26 heavy (non-hydrogen) atoms. The van der Waals surface area contributed by atoms with E-state index >= 15 is 0 Å². The summed E-state index contributed by atoms with van der Waals surface area (Å²) in [6.45, 7) is 1.71. The number of nitrogens with zero attached hydrogens (tertiary/aromatic N) is 2. The van der Waals surface area contributed by atoms with Crippen LogP contribution in [-0.2, 0) is 16.4 Å². The average molecular weight is 391 g/mol. The van der Waals surface area contributed by atoms with E-state index in [2.05, 4.69) is 0 Å². The van der Waals surface area contributed by atoms with Crippen LogP contribution in [0.5, 0.6) is 0 Å². The molecule has 2 aromatic carbocycles. The van der Waals surface area contributed by atoms with Gasteiger partial charge in [-0.1, -0.05) is 11.6 Å². The van der Waals surface area contributed by atoms with Crippen LogP contribution in [0.4, 0.5) is 5.69 Å². The highest BCUT2D eigenvalue weighted by molar-refractivity contribution is 7.89. The Bertz CT molecular complexity index is 951. The Hall–Kier alpha value is -1.89. The second-order valence-electron chi connectivity index (χ2n) is 6.62. The van der Waals surface area contributed by atoms with Crippen molar-refractivity contribution in [2.45, 2.75) is 24.2 Å². The van der Waals surface area contributed by atoms with Gasteiger partial charge < -0.3 is 4.90 Å². The van der Waals surface area contributed by atoms with Gasteiger partial charge >= 0.3 is 0 Å². The Morgan fingerprint density at radius 2 is 1.65 bits per heavy atom. The van der Waals surface area contributed by atoms with Crippen molar-refractivity contribution in [1.29, 1.82) is 0 Å². The molecule has 0 aliphatic carbocycles. The maximum Gasteiger partial charge on any atom is 0.258 e. The number of carbonyl (C=O) groups excluding carboxylic acids is 1. The van der Waals surface area contributed by atoms with Gasteiger partial charge in [0.25, 0.3) is 5.91 Å². The third-order valence-corrected chi connectivity index (χ3v) is 7.13. The minimum atomic E-state index is -3.44. The number of anilines is 1. The van der Waals surface area contributed by atoms with Crippen LogP contribution in [-0.4, -0.2) is 38.3 Å². The van der Waals surface area contributed by atoms with Crippen LogP contribution in [0.15, 0.2) is 47.4 Å².